The molecule has 100 valence electrons. The van der Waals surface area contributed by atoms with Crippen LogP contribution in [-0.2, 0) is 10.0 Å². The molecule has 5 nitrogen and oxygen atoms in total. The van der Waals surface area contributed by atoms with E-state index in [2.05, 4.69) is 9.71 Å². The van der Waals surface area contributed by atoms with Crippen LogP contribution in [-0.4, -0.2) is 13.4 Å². The van der Waals surface area contributed by atoms with Crippen LogP contribution in [0.25, 0.3) is 0 Å². The Hall–Kier alpha value is -2.08. The fraction of sp³-hybridized carbons (Fsp3) is 0.154. The van der Waals surface area contributed by atoms with E-state index in [9.17, 15) is 8.42 Å². The van der Waals surface area contributed by atoms with Crippen molar-refractivity contribution in [1.29, 1.82) is 0 Å². The van der Waals surface area contributed by atoms with Gasteiger partial charge in [0, 0.05) is 11.9 Å². The monoisotopic (exact) mass is 277 g/mol. The van der Waals surface area contributed by atoms with Crippen LogP contribution in [0.3, 0.4) is 0 Å². The normalized spacial score (nSPS) is 11.3. The quantitative estimate of drug-likeness (QED) is 0.841. The second-order valence-electron chi connectivity index (χ2n) is 4.37. The van der Waals surface area contributed by atoms with E-state index in [0.29, 0.717) is 11.4 Å². The summed E-state index contributed by atoms with van der Waals surface area (Å²) in [4.78, 5) is 4.08. The number of nitrogen functional groups attached to an aromatic ring is 1. The minimum atomic E-state index is -3.64. The van der Waals surface area contributed by atoms with Crippen LogP contribution < -0.4 is 10.5 Å². The van der Waals surface area contributed by atoms with Crippen molar-refractivity contribution in [1.82, 2.24) is 4.98 Å². The van der Waals surface area contributed by atoms with Crippen molar-refractivity contribution < 1.29 is 8.42 Å². The van der Waals surface area contributed by atoms with Crippen molar-refractivity contribution in [2.45, 2.75) is 18.7 Å². The number of rotatable bonds is 3. The first kappa shape index (κ1) is 13.4. The predicted molar refractivity (Wildman–Crippen MR) is 75.4 cm³/mol. The van der Waals surface area contributed by atoms with E-state index in [1.54, 1.807) is 18.3 Å². The van der Waals surface area contributed by atoms with E-state index in [4.69, 9.17) is 5.73 Å². The van der Waals surface area contributed by atoms with Gasteiger partial charge in [0.25, 0.3) is 10.0 Å². The Bertz CT molecular complexity index is 712. The SMILES string of the molecule is Cc1cncc(NS(=O)(=O)c2ccc(C)c(N)c2)c1. The molecule has 0 amide bonds. The third kappa shape index (κ3) is 3.03. The molecule has 0 saturated carbocycles. The Labute approximate surface area is 112 Å². The van der Waals surface area contributed by atoms with Crippen LogP contribution in [0.4, 0.5) is 11.4 Å². The number of nitrogens with one attached hydrogen (secondary N) is 1. The molecule has 2 rings (SSSR count). The maximum absolute atomic E-state index is 12.2. The second-order valence-corrected chi connectivity index (χ2v) is 6.06. The Morgan fingerprint density at radius 3 is 2.53 bits per heavy atom. The summed E-state index contributed by atoms with van der Waals surface area (Å²) < 4.78 is 26.8. The lowest BCUT2D eigenvalue weighted by atomic mass is 10.2. The number of anilines is 2. The lowest BCUT2D eigenvalue weighted by Crippen LogP contribution is -2.13. The van der Waals surface area contributed by atoms with Crippen LogP contribution in [0.5, 0.6) is 0 Å². The molecule has 0 aliphatic rings. The summed E-state index contributed by atoms with van der Waals surface area (Å²) in [5.41, 5.74) is 8.33. The van der Waals surface area contributed by atoms with Gasteiger partial charge in [-0.3, -0.25) is 9.71 Å². The van der Waals surface area contributed by atoms with Gasteiger partial charge < -0.3 is 5.73 Å². The third-order valence-electron chi connectivity index (χ3n) is 2.69. The van der Waals surface area contributed by atoms with Gasteiger partial charge in [-0.2, -0.15) is 0 Å². The number of hydrogen-bond donors (Lipinski definition) is 2. The molecule has 0 radical (unpaired) electrons. The van der Waals surface area contributed by atoms with E-state index in [-0.39, 0.29) is 4.90 Å². The Balaban J connectivity index is 2.35. The number of nitrogens with two attached hydrogens (primary N) is 1. The highest BCUT2D eigenvalue weighted by molar-refractivity contribution is 7.92. The van der Waals surface area contributed by atoms with Crippen molar-refractivity contribution >= 4 is 21.4 Å². The molecule has 0 unspecified atom stereocenters. The summed E-state index contributed by atoms with van der Waals surface area (Å²) in [5, 5.41) is 0. The molecule has 0 atom stereocenters. The summed E-state index contributed by atoms with van der Waals surface area (Å²) in [5.74, 6) is 0. The van der Waals surface area contributed by atoms with Crippen molar-refractivity contribution in [2.24, 2.45) is 0 Å². The highest BCUT2D eigenvalue weighted by atomic mass is 32.2. The second kappa shape index (κ2) is 4.89. The first-order valence-electron chi connectivity index (χ1n) is 5.69. The Morgan fingerprint density at radius 1 is 1.16 bits per heavy atom. The van der Waals surface area contributed by atoms with Crippen molar-refractivity contribution in [3.8, 4) is 0 Å². The number of aromatic nitrogens is 1. The predicted octanol–water partition coefficient (Wildman–Crippen LogP) is 2.08. The number of nitrogens with zero attached hydrogens (tertiary/aromatic N) is 1. The molecule has 0 fully saturated rings. The minimum absolute atomic E-state index is 0.136. The highest BCUT2D eigenvalue weighted by Crippen LogP contribution is 2.20. The van der Waals surface area contributed by atoms with Crippen LogP contribution in [0.15, 0.2) is 41.6 Å². The molecule has 1 aromatic heterocycles. The molecular weight excluding hydrogens is 262 g/mol. The summed E-state index contributed by atoms with van der Waals surface area (Å²) in [6.07, 6.45) is 3.11. The summed E-state index contributed by atoms with van der Waals surface area (Å²) >= 11 is 0. The lowest BCUT2D eigenvalue weighted by Gasteiger charge is -2.09. The molecule has 2 aromatic rings. The topological polar surface area (TPSA) is 85.1 Å². The van der Waals surface area contributed by atoms with Gasteiger partial charge in [-0.1, -0.05) is 6.07 Å². The number of hydrogen-bond acceptors (Lipinski definition) is 4. The Kier molecular flexibility index (Phi) is 3.44. The molecule has 0 spiro atoms. The number of aryl methyl sites for hydroxylation is 2. The summed E-state index contributed by atoms with van der Waals surface area (Å²) in [7, 11) is -3.64. The van der Waals surface area contributed by atoms with Crippen molar-refractivity contribution in [3.63, 3.8) is 0 Å². The smallest absolute Gasteiger partial charge is 0.262 e. The number of benzene rings is 1. The first-order valence-corrected chi connectivity index (χ1v) is 7.17. The molecule has 6 heteroatoms. The number of sulfonamides is 1. The van der Waals surface area contributed by atoms with Gasteiger partial charge >= 0.3 is 0 Å². The molecule has 0 saturated heterocycles. The largest absolute Gasteiger partial charge is 0.398 e. The fourth-order valence-corrected chi connectivity index (χ4v) is 2.68. The minimum Gasteiger partial charge on any atom is -0.398 e. The highest BCUT2D eigenvalue weighted by Gasteiger charge is 2.15. The molecule has 3 N–H and O–H groups in total. The standard InChI is InChI=1S/C13H15N3O2S/c1-9-5-11(8-15-7-9)16-19(17,18)12-4-3-10(2)13(14)6-12/h3-8,16H,14H2,1-2H3. The van der Waals surface area contributed by atoms with Crippen LogP contribution in [0.1, 0.15) is 11.1 Å². The zero-order chi connectivity index (χ0) is 14.0. The fourth-order valence-electron chi connectivity index (χ4n) is 1.61. The molecule has 0 bridgehead atoms. The van der Waals surface area contributed by atoms with Gasteiger partial charge in [-0.25, -0.2) is 8.42 Å². The first-order chi connectivity index (χ1) is 8.88. The van der Waals surface area contributed by atoms with Gasteiger partial charge in [-0.05, 0) is 43.2 Å². The average molecular weight is 277 g/mol. The molecule has 0 aliphatic heterocycles. The molecule has 0 aliphatic carbocycles. The number of pyridine rings is 1. The maximum atomic E-state index is 12.2. The van der Waals surface area contributed by atoms with Gasteiger partial charge in [0.05, 0.1) is 16.8 Å². The van der Waals surface area contributed by atoms with E-state index >= 15 is 0 Å². The lowest BCUT2D eigenvalue weighted by molar-refractivity contribution is 0.601. The van der Waals surface area contributed by atoms with Crippen LogP contribution >= 0.6 is 0 Å². The molecule has 19 heavy (non-hydrogen) atoms. The molecule has 1 heterocycles. The average Bonchev–Trinajstić information content (AvgIpc) is 2.32. The van der Waals surface area contributed by atoms with Crippen molar-refractivity contribution in [2.75, 3.05) is 10.5 Å². The molecular formula is C13H15N3O2S. The van der Waals surface area contributed by atoms with E-state index in [1.807, 2.05) is 13.8 Å². The van der Waals surface area contributed by atoms with E-state index in [0.717, 1.165) is 11.1 Å². The van der Waals surface area contributed by atoms with Gasteiger partial charge in [0.15, 0.2) is 0 Å². The van der Waals surface area contributed by atoms with Crippen LogP contribution in [0.2, 0.25) is 0 Å². The van der Waals surface area contributed by atoms with Gasteiger partial charge in [0.2, 0.25) is 0 Å². The van der Waals surface area contributed by atoms with E-state index in [1.165, 1.54) is 18.3 Å². The van der Waals surface area contributed by atoms with Gasteiger partial charge in [0.1, 0.15) is 0 Å². The summed E-state index contributed by atoms with van der Waals surface area (Å²) in [6, 6.07) is 6.36. The summed E-state index contributed by atoms with van der Waals surface area (Å²) in [6.45, 7) is 3.66. The zero-order valence-electron chi connectivity index (χ0n) is 10.7. The maximum Gasteiger partial charge on any atom is 0.262 e. The van der Waals surface area contributed by atoms with Crippen LogP contribution in [0, 0.1) is 13.8 Å². The van der Waals surface area contributed by atoms with Gasteiger partial charge in [-0.15, -0.1) is 0 Å². The van der Waals surface area contributed by atoms with Crippen molar-refractivity contribution in [3.05, 3.63) is 47.8 Å². The third-order valence-corrected chi connectivity index (χ3v) is 4.07. The van der Waals surface area contributed by atoms with E-state index < -0.39 is 10.0 Å². The zero-order valence-corrected chi connectivity index (χ0v) is 11.5. The molecule has 1 aromatic carbocycles. The Morgan fingerprint density at radius 2 is 1.89 bits per heavy atom.